The van der Waals surface area contributed by atoms with Crippen LogP contribution in [0.5, 0.6) is 0 Å². The Morgan fingerprint density at radius 2 is 2.20 bits per heavy atom. The molecule has 0 bridgehead atoms. The first-order chi connectivity index (χ1) is 4.58. The average molecular weight is 146 g/mol. The van der Waals surface area contributed by atoms with Gasteiger partial charge in [0.25, 0.3) is 0 Å². The number of rotatable bonds is 1. The summed E-state index contributed by atoms with van der Waals surface area (Å²) in [4.78, 5) is 0. The van der Waals surface area contributed by atoms with Crippen LogP contribution in [-0.4, -0.2) is 33.6 Å². The van der Waals surface area contributed by atoms with Crippen LogP contribution >= 0.6 is 0 Å². The molecule has 0 unspecified atom stereocenters. The van der Waals surface area contributed by atoms with Crippen LogP contribution in [0.3, 0.4) is 0 Å². The largest absolute Gasteiger partial charge is 0.396 e. The van der Waals surface area contributed by atoms with Crippen molar-refractivity contribution in [2.24, 2.45) is 5.92 Å². The van der Waals surface area contributed by atoms with Gasteiger partial charge < -0.3 is 15.3 Å². The summed E-state index contributed by atoms with van der Waals surface area (Å²) in [5.74, 6) is -0.130. The minimum absolute atomic E-state index is 0.0304. The van der Waals surface area contributed by atoms with Crippen LogP contribution in [0.4, 0.5) is 0 Å². The molecule has 0 aromatic rings. The van der Waals surface area contributed by atoms with E-state index in [9.17, 15) is 10.2 Å². The fraction of sp³-hybridized carbons (Fsp3) is 1.00. The van der Waals surface area contributed by atoms with E-state index in [2.05, 4.69) is 0 Å². The van der Waals surface area contributed by atoms with Crippen molar-refractivity contribution in [1.82, 2.24) is 0 Å². The quantitative estimate of drug-likeness (QED) is 0.467. The molecule has 3 atom stereocenters. The summed E-state index contributed by atoms with van der Waals surface area (Å²) in [5.41, 5.74) is -0.979. The highest BCUT2D eigenvalue weighted by Gasteiger charge is 2.42. The van der Waals surface area contributed by atoms with Crippen molar-refractivity contribution in [1.29, 1.82) is 0 Å². The summed E-state index contributed by atoms with van der Waals surface area (Å²) >= 11 is 0. The second-order valence-electron chi connectivity index (χ2n) is 3.28. The first kappa shape index (κ1) is 7.98. The molecular formula is C7H14O3. The minimum atomic E-state index is -0.979. The second kappa shape index (κ2) is 2.49. The maximum atomic E-state index is 9.40. The monoisotopic (exact) mass is 146 g/mol. The zero-order chi connectivity index (χ0) is 7.78. The van der Waals surface area contributed by atoms with Gasteiger partial charge in [0.2, 0.25) is 0 Å². The van der Waals surface area contributed by atoms with E-state index in [1.165, 1.54) is 0 Å². The Balaban J connectivity index is 2.58. The molecule has 3 nitrogen and oxygen atoms in total. The number of aliphatic hydroxyl groups is 3. The third kappa shape index (κ3) is 1.17. The molecule has 3 N–H and O–H groups in total. The highest BCUT2D eigenvalue weighted by Crippen LogP contribution is 2.33. The van der Waals surface area contributed by atoms with Crippen LogP contribution in [0.2, 0.25) is 0 Å². The number of hydrogen-bond donors (Lipinski definition) is 3. The van der Waals surface area contributed by atoms with Gasteiger partial charge in [0.05, 0.1) is 11.7 Å². The molecule has 1 rings (SSSR count). The predicted octanol–water partition coefficient (Wildman–Crippen LogP) is -0.499. The van der Waals surface area contributed by atoms with E-state index in [1.807, 2.05) is 0 Å². The van der Waals surface area contributed by atoms with E-state index in [0.29, 0.717) is 12.8 Å². The molecular weight excluding hydrogens is 132 g/mol. The summed E-state index contributed by atoms with van der Waals surface area (Å²) in [5, 5.41) is 27.4. The fourth-order valence-corrected chi connectivity index (χ4v) is 1.48. The van der Waals surface area contributed by atoms with Gasteiger partial charge >= 0.3 is 0 Å². The summed E-state index contributed by atoms with van der Waals surface area (Å²) < 4.78 is 0. The zero-order valence-electron chi connectivity index (χ0n) is 6.12. The lowest BCUT2D eigenvalue weighted by atomic mass is 9.99. The SMILES string of the molecule is C[C@]1(O)CC[C@H](CO)[C@H]1O. The van der Waals surface area contributed by atoms with Gasteiger partial charge in [0.15, 0.2) is 0 Å². The van der Waals surface area contributed by atoms with E-state index in [1.54, 1.807) is 6.92 Å². The van der Waals surface area contributed by atoms with Crippen molar-refractivity contribution in [2.45, 2.75) is 31.5 Å². The lowest BCUT2D eigenvalue weighted by Gasteiger charge is -2.23. The van der Waals surface area contributed by atoms with Gasteiger partial charge in [0, 0.05) is 12.5 Å². The van der Waals surface area contributed by atoms with E-state index in [0.717, 1.165) is 0 Å². The molecule has 1 aliphatic carbocycles. The Morgan fingerprint density at radius 1 is 1.60 bits per heavy atom. The van der Waals surface area contributed by atoms with Gasteiger partial charge in [-0.15, -0.1) is 0 Å². The van der Waals surface area contributed by atoms with Crippen LogP contribution < -0.4 is 0 Å². The summed E-state index contributed by atoms with van der Waals surface area (Å²) in [6.07, 6.45) is 0.543. The topological polar surface area (TPSA) is 60.7 Å². The number of aliphatic hydroxyl groups excluding tert-OH is 2. The third-order valence-electron chi connectivity index (χ3n) is 2.34. The molecule has 1 saturated carbocycles. The van der Waals surface area contributed by atoms with Crippen molar-refractivity contribution < 1.29 is 15.3 Å². The molecule has 0 saturated heterocycles. The van der Waals surface area contributed by atoms with Crippen LogP contribution in [0.1, 0.15) is 19.8 Å². The molecule has 0 radical (unpaired) electrons. The Hall–Kier alpha value is -0.120. The van der Waals surface area contributed by atoms with Crippen molar-refractivity contribution in [3.63, 3.8) is 0 Å². The van der Waals surface area contributed by atoms with Gasteiger partial charge in [-0.3, -0.25) is 0 Å². The molecule has 60 valence electrons. The lowest BCUT2D eigenvalue weighted by molar-refractivity contribution is -0.0607. The Morgan fingerprint density at radius 3 is 2.40 bits per heavy atom. The maximum Gasteiger partial charge on any atom is 0.0881 e. The standard InChI is InChI=1S/C7H14O3/c1-7(10)3-2-5(4-8)6(7)9/h5-6,8-10H,2-4H2,1H3/t5-,6-,7+/m1/s1. The van der Waals surface area contributed by atoms with E-state index >= 15 is 0 Å². The van der Waals surface area contributed by atoms with Gasteiger partial charge in [-0.1, -0.05) is 0 Å². The van der Waals surface area contributed by atoms with E-state index in [-0.39, 0.29) is 12.5 Å². The first-order valence-electron chi connectivity index (χ1n) is 3.59. The summed E-state index contributed by atoms with van der Waals surface area (Å²) in [6, 6.07) is 0. The molecule has 0 aromatic carbocycles. The Labute approximate surface area is 60.3 Å². The van der Waals surface area contributed by atoms with Crippen LogP contribution in [0.25, 0.3) is 0 Å². The highest BCUT2D eigenvalue weighted by molar-refractivity contribution is 4.93. The summed E-state index contributed by atoms with van der Waals surface area (Å²) in [7, 11) is 0. The Bertz CT molecular complexity index is 122. The van der Waals surface area contributed by atoms with Gasteiger partial charge in [-0.05, 0) is 19.8 Å². The predicted molar refractivity (Wildman–Crippen MR) is 36.4 cm³/mol. The average Bonchev–Trinajstić information content (AvgIpc) is 2.10. The fourth-order valence-electron chi connectivity index (χ4n) is 1.48. The third-order valence-corrected chi connectivity index (χ3v) is 2.34. The van der Waals surface area contributed by atoms with Crippen LogP contribution in [0, 0.1) is 5.92 Å². The highest BCUT2D eigenvalue weighted by atomic mass is 16.3. The first-order valence-corrected chi connectivity index (χ1v) is 3.59. The minimum Gasteiger partial charge on any atom is -0.396 e. The Kier molecular flexibility index (Phi) is 1.99. The van der Waals surface area contributed by atoms with Crippen molar-refractivity contribution in [3.8, 4) is 0 Å². The van der Waals surface area contributed by atoms with Crippen molar-refractivity contribution in [2.75, 3.05) is 6.61 Å². The van der Waals surface area contributed by atoms with Gasteiger partial charge in [0.1, 0.15) is 0 Å². The normalized spacial score (nSPS) is 48.0. The zero-order valence-corrected chi connectivity index (χ0v) is 6.12. The lowest BCUT2D eigenvalue weighted by Crippen LogP contribution is -2.37. The molecule has 0 spiro atoms. The van der Waals surface area contributed by atoms with E-state index in [4.69, 9.17) is 5.11 Å². The summed E-state index contributed by atoms with van der Waals surface area (Å²) in [6.45, 7) is 1.57. The van der Waals surface area contributed by atoms with Gasteiger partial charge in [-0.25, -0.2) is 0 Å². The number of hydrogen-bond acceptors (Lipinski definition) is 3. The van der Waals surface area contributed by atoms with Crippen molar-refractivity contribution in [3.05, 3.63) is 0 Å². The second-order valence-corrected chi connectivity index (χ2v) is 3.28. The molecule has 0 aliphatic heterocycles. The molecule has 0 amide bonds. The molecule has 1 aliphatic rings. The van der Waals surface area contributed by atoms with Crippen molar-refractivity contribution >= 4 is 0 Å². The van der Waals surface area contributed by atoms with Gasteiger partial charge in [-0.2, -0.15) is 0 Å². The molecule has 3 heteroatoms. The van der Waals surface area contributed by atoms with E-state index < -0.39 is 11.7 Å². The van der Waals surface area contributed by atoms with Crippen LogP contribution in [0.15, 0.2) is 0 Å². The molecule has 10 heavy (non-hydrogen) atoms. The smallest absolute Gasteiger partial charge is 0.0881 e. The molecule has 0 heterocycles. The molecule has 1 fully saturated rings. The maximum absolute atomic E-state index is 9.40. The molecule has 0 aromatic heterocycles. The van der Waals surface area contributed by atoms with Crippen LogP contribution in [-0.2, 0) is 0 Å².